The molecule has 0 amide bonds. The van der Waals surface area contributed by atoms with E-state index in [1.54, 1.807) is 28.8 Å². The van der Waals surface area contributed by atoms with E-state index in [0.717, 1.165) is 11.1 Å². The van der Waals surface area contributed by atoms with Crippen LogP contribution in [-0.4, -0.2) is 16.6 Å². The number of rotatable bonds is 4. The van der Waals surface area contributed by atoms with E-state index in [-0.39, 0.29) is 17.6 Å². The lowest BCUT2D eigenvalue weighted by molar-refractivity contribution is 0.0378. The highest BCUT2D eigenvalue weighted by Crippen LogP contribution is 2.08. The highest BCUT2D eigenvalue weighted by atomic mass is 16.5. The summed E-state index contributed by atoms with van der Waals surface area (Å²) in [5.41, 5.74) is 2.48. The minimum atomic E-state index is -0.329. The van der Waals surface area contributed by atoms with E-state index in [1.165, 1.54) is 0 Å². The number of hydrogen-bond acceptors (Lipinski definition) is 3. The quantitative estimate of drug-likeness (QED) is 0.812. The topological polar surface area (TPSA) is 48.3 Å². The summed E-state index contributed by atoms with van der Waals surface area (Å²) in [6.45, 7) is 6.06. The molecule has 2 rings (SSSR count). The lowest BCUT2D eigenvalue weighted by Crippen LogP contribution is -2.19. The van der Waals surface area contributed by atoms with Gasteiger partial charge in [-0.2, -0.15) is 0 Å². The maximum Gasteiger partial charge on any atom is 0.338 e. The smallest absolute Gasteiger partial charge is 0.338 e. The van der Waals surface area contributed by atoms with Gasteiger partial charge >= 0.3 is 5.97 Å². The summed E-state index contributed by atoms with van der Waals surface area (Å²) >= 11 is 0. The van der Waals surface area contributed by atoms with Gasteiger partial charge in [-0.05, 0) is 44.0 Å². The predicted octanol–water partition coefficient (Wildman–Crippen LogP) is 2.77. The number of carbonyl (C=O) groups excluding carboxylic acids is 1. The van der Waals surface area contributed by atoms with Crippen molar-refractivity contribution in [2.24, 2.45) is 0 Å². The first-order chi connectivity index (χ1) is 9.95. The van der Waals surface area contributed by atoms with Gasteiger partial charge in [0, 0.05) is 12.3 Å². The highest BCUT2D eigenvalue weighted by Gasteiger charge is 2.08. The molecule has 0 saturated heterocycles. The Labute approximate surface area is 124 Å². The van der Waals surface area contributed by atoms with Gasteiger partial charge in [0.2, 0.25) is 0 Å². The summed E-state index contributed by atoms with van der Waals surface area (Å²) in [6, 6.07) is 10.5. The first-order valence-electron chi connectivity index (χ1n) is 6.93. The minimum absolute atomic E-state index is 0.0381. The Morgan fingerprint density at radius 2 is 1.81 bits per heavy atom. The van der Waals surface area contributed by atoms with Crippen LogP contribution in [0.25, 0.3) is 0 Å². The fraction of sp³-hybridized carbons (Fsp3) is 0.294. The van der Waals surface area contributed by atoms with Crippen molar-refractivity contribution in [1.29, 1.82) is 0 Å². The molecule has 0 atom stereocenters. The Hall–Kier alpha value is -2.36. The second kappa shape index (κ2) is 6.39. The SMILES string of the molecule is Cc1ccc(=O)n(Cc2ccc(C(=O)OC(C)C)cc2)c1. The maximum absolute atomic E-state index is 11.8. The van der Waals surface area contributed by atoms with E-state index in [9.17, 15) is 9.59 Å². The van der Waals surface area contributed by atoms with Gasteiger partial charge in [0.1, 0.15) is 0 Å². The fourth-order valence-corrected chi connectivity index (χ4v) is 2.00. The van der Waals surface area contributed by atoms with Gasteiger partial charge in [-0.25, -0.2) is 4.79 Å². The van der Waals surface area contributed by atoms with Crippen molar-refractivity contribution in [3.63, 3.8) is 0 Å². The summed E-state index contributed by atoms with van der Waals surface area (Å²) < 4.78 is 6.78. The number of hydrogen-bond donors (Lipinski definition) is 0. The Morgan fingerprint density at radius 3 is 2.43 bits per heavy atom. The molecule has 4 nitrogen and oxygen atoms in total. The van der Waals surface area contributed by atoms with Crippen LogP contribution in [0, 0.1) is 6.92 Å². The second-order valence-electron chi connectivity index (χ2n) is 5.32. The lowest BCUT2D eigenvalue weighted by Gasteiger charge is -2.09. The van der Waals surface area contributed by atoms with Gasteiger partial charge in [0.25, 0.3) is 5.56 Å². The predicted molar refractivity (Wildman–Crippen MR) is 81.5 cm³/mol. The number of nitrogens with zero attached hydrogens (tertiary/aromatic N) is 1. The van der Waals surface area contributed by atoms with E-state index < -0.39 is 0 Å². The van der Waals surface area contributed by atoms with Crippen LogP contribution in [0.15, 0.2) is 47.4 Å². The summed E-state index contributed by atoms with van der Waals surface area (Å²) in [5.74, 6) is -0.329. The molecule has 0 aliphatic heterocycles. The Morgan fingerprint density at radius 1 is 1.14 bits per heavy atom. The second-order valence-corrected chi connectivity index (χ2v) is 5.32. The number of aromatic nitrogens is 1. The summed E-state index contributed by atoms with van der Waals surface area (Å²) in [4.78, 5) is 23.5. The van der Waals surface area contributed by atoms with Crippen molar-refractivity contribution < 1.29 is 9.53 Å². The Balaban J connectivity index is 2.14. The molecule has 1 aromatic carbocycles. The number of carbonyl (C=O) groups is 1. The number of pyridine rings is 1. The number of esters is 1. The first kappa shape index (κ1) is 15.0. The molecule has 0 fully saturated rings. The maximum atomic E-state index is 11.8. The van der Waals surface area contributed by atoms with Crippen LogP contribution < -0.4 is 5.56 Å². The molecule has 110 valence electrons. The molecule has 2 aromatic rings. The van der Waals surface area contributed by atoms with Crippen molar-refractivity contribution >= 4 is 5.97 Å². The average molecular weight is 285 g/mol. The van der Waals surface area contributed by atoms with Crippen molar-refractivity contribution in [1.82, 2.24) is 4.57 Å². The first-order valence-corrected chi connectivity index (χ1v) is 6.93. The van der Waals surface area contributed by atoms with E-state index in [4.69, 9.17) is 4.74 Å². The zero-order valence-electron chi connectivity index (χ0n) is 12.5. The summed E-state index contributed by atoms with van der Waals surface area (Å²) in [5, 5.41) is 0. The molecule has 0 radical (unpaired) electrons. The van der Waals surface area contributed by atoms with Crippen molar-refractivity contribution in [3.8, 4) is 0 Å². The molecule has 0 aliphatic carbocycles. The Kier molecular flexibility index (Phi) is 4.58. The van der Waals surface area contributed by atoms with Gasteiger partial charge in [0.15, 0.2) is 0 Å². The van der Waals surface area contributed by atoms with Gasteiger partial charge < -0.3 is 9.30 Å². The van der Waals surface area contributed by atoms with Crippen LogP contribution in [0.1, 0.15) is 35.3 Å². The lowest BCUT2D eigenvalue weighted by atomic mass is 10.1. The van der Waals surface area contributed by atoms with Gasteiger partial charge in [-0.1, -0.05) is 18.2 Å². The largest absolute Gasteiger partial charge is 0.459 e. The van der Waals surface area contributed by atoms with Crippen LogP contribution in [0.4, 0.5) is 0 Å². The molecule has 1 heterocycles. The van der Waals surface area contributed by atoms with Gasteiger partial charge in [0.05, 0.1) is 18.2 Å². The standard InChI is InChI=1S/C17H19NO3/c1-12(2)21-17(20)15-7-5-14(6-8-15)11-18-10-13(3)4-9-16(18)19/h4-10,12H,11H2,1-3H3. The molecular formula is C17H19NO3. The monoisotopic (exact) mass is 285 g/mol. The van der Waals surface area contributed by atoms with Gasteiger partial charge in [-0.3, -0.25) is 4.79 Å². The van der Waals surface area contributed by atoms with Crippen molar-refractivity contribution in [2.75, 3.05) is 0 Å². The van der Waals surface area contributed by atoms with Gasteiger partial charge in [-0.15, -0.1) is 0 Å². The molecule has 0 unspecified atom stereocenters. The third kappa shape index (κ3) is 4.05. The molecule has 4 heteroatoms. The molecule has 0 spiro atoms. The molecule has 0 saturated carbocycles. The van der Waals surface area contributed by atoms with Crippen LogP contribution >= 0.6 is 0 Å². The molecule has 0 N–H and O–H groups in total. The summed E-state index contributed by atoms with van der Waals surface area (Å²) in [7, 11) is 0. The fourth-order valence-electron chi connectivity index (χ4n) is 2.00. The van der Waals surface area contributed by atoms with E-state index in [2.05, 4.69) is 0 Å². The number of aryl methyl sites for hydroxylation is 1. The van der Waals surface area contributed by atoms with Crippen molar-refractivity contribution in [2.45, 2.75) is 33.4 Å². The van der Waals surface area contributed by atoms with Crippen LogP contribution in [-0.2, 0) is 11.3 Å². The van der Waals surface area contributed by atoms with E-state index >= 15 is 0 Å². The molecule has 21 heavy (non-hydrogen) atoms. The zero-order chi connectivity index (χ0) is 15.4. The van der Waals surface area contributed by atoms with E-state index in [0.29, 0.717) is 12.1 Å². The third-order valence-electron chi connectivity index (χ3n) is 3.02. The normalized spacial score (nSPS) is 10.7. The molecule has 1 aromatic heterocycles. The third-order valence-corrected chi connectivity index (χ3v) is 3.02. The molecule has 0 bridgehead atoms. The molecule has 0 aliphatic rings. The van der Waals surface area contributed by atoms with E-state index in [1.807, 2.05) is 39.1 Å². The zero-order valence-corrected chi connectivity index (χ0v) is 12.5. The van der Waals surface area contributed by atoms with Crippen molar-refractivity contribution in [3.05, 3.63) is 69.6 Å². The minimum Gasteiger partial charge on any atom is -0.459 e. The average Bonchev–Trinajstić information content (AvgIpc) is 2.43. The summed E-state index contributed by atoms with van der Waals surface area (Å²) in [6.07, 6.45) is 1.69. The van der Waals surface area contributed by atoms with Crippen LogP contribution in [0.2, 0.25) is 0 Å². The van der Waals surface area contributed by atoms with Crippen LogP contribution in [0.5, 0.6) is 0 Å². The van der Waals surface area contributed by atoms with Crippen LogP contribution in [0.3, 0.4) is 0 Å². The number of benzene rings is 1. The number of ether oxygens (including phenoxy) is 1. The Bertz CT molecular complexity index is 684. The highest BCUT2D eigenvalue weighted by molar-refractivity contribution is 5.89. The molecular weight excluding hydrogens is 266 g/mol.